The molecule has 2 N–H and O–H groups in total. The predicted molar refractivity (Wildman–Crippen MR) is 66.6 cm³/mol. The maximum absolute atomic E-state index is 11.9. The Hall–Kier alpha value is -0.320. The number of amides is 1. The quantitative estimate of drug-likeness (QED) is 0.806. The average molecular weight is 251 g/mol. The van der Waals surface area contributed by atoms with E-state index in [2.05, 4.69) is 0 Å². The third-order valence-corrected chi connectivity index (χ3v) is 3.01. The van der Waals surface area contributed by atoms with Crippen LogP contribution in [-0.2, 0) is 9.53 Å². The summed E-state index contributed by atoms with van der Waals surface area (Å²) in [7, 11) is 1.71. The molecule has 1 aliphatic rings. The Morgan fingerprint density at radius 3 is 2.88 bits per heavy atom. The lowest BCUT2D eigenvalue weighted by atomic mass is 9.97. The lowest BCUT2D eigenvalue weighted by Crippen LogP contribution is -2.44. The zero-order chi connectivity index (χ0) is 11.3. The van der Waals surface area contributed by atoms with Gasteiger partial charge in [0, 0.05) is 32.7 Å². The van der Waals surface area contributed by atoms with E-state index in [-0.39, 0.29) is 24.2 Å². The summed E-state index contributed by atoms with van der Waals surface area (Å²) in [6, 6.07) is 0. The van der Waals surface area contributed by atoms with Crippen LogP contribution in [0.3, 0.4) is 0 Å². The molecule has 0 aromatic rings. The first-order valence-corrected chi connectivity index (χ1v) is 5.66. The molecule has 16 heavy (non-hydrogen) atoms. The first-order chi connectivity index (χ1) is 7.19. The molecule has 1 heterocycles. The van der Waals surface area contributed by atoms with Gasteiger partial charge in [-0.25, -0.2) is 0 Å². The molecular formula is C11H23ClN2O2. The highest BCUT2D eigenvalue weighted by Gasteiger charge is 2.25. The molecule has 0 aromatic heterocycles. The molecule has 1 aliphatic heterocycles. The standard InChI is InChI=1S/C11H22N2O2.ClH/c1-9(6-12)11(14)13-5-3-4-10(7-13)8-15-2;/h9-10H,3-8,12H2,1-2H3;1H. The van der Waals surface area contributed by atoms with Gasteiger partial charge in [-0.3, -0.25) is 4.79 Å². The largest absolute Gasteiger partial charge is 0.384 e. The molecule has 0 radical (unpaired) electrons. The van der Waals surface area contributed by atoms with E-state index in [0.29, 0.717) is 12.5 Å². The van der Waals surface area contributed by atoms with Crippen LogP contribution < -0.4 is 5.73 Å². The van der Waals surface area contributed by atoms with Crippen LogP contribution in [0.25, 0.3) is 0 Å². The number of nitrogens with two attached hydrogens (primary N) is 1. The Balaban J connectivity index is 0.00000225. The second-order valence-corrected chi connectivity index (χ2v) is 4.38. The van der Waals surface area contributed by atoms with Crippen molar-refractivity contribution in [1.82, 2.24) is 4.90 Å². The van der Waals surface area contributed by atoms with E-state index in [1.807, 2.05) is 11.8 Å². The van der Waals surface area contributed by atoms with Crippen molar-refractivity contribution < 1.29 is 9.53 Å². The van der Waals surface area contributed by atoms with Gasteiger partial charge >= 0.3 is 0 Å². The van der Waals surface area contributed by atoms with Gasteiger partial charge < -0.3 is 15.4 Å². The van der Waals surface area contributed by atoms with Crippen LogP contribution in [0.15, 0.2) is 0 Å². The molecule has 2 atom stereocenters. The predicted octanol–water partition coefficient (Wildman–Crippen LogP) is 0.888. The van der Waals surface area contributed by atoms with Crippen molar-refractivity contribution in [3.63, 3.8) is 0 Å². The van der Waals surface area contributed by atoms with Crippen molar-refractivity contribution in [3.05, 3.63) is 0 Å². The molecule has 1 amide bonds. The first kappa shape index (κ1) is 15.7. The summed E-state index contributed by atoms with van der Waals surface area (Å²) in [6.07, 6.45) is 2.24. The van der Waals surface area contributed by atoms with Crippen LogP contribution in [0, 0.1) is 11.8 Å². The minimum Gasteiger partial charge on any atom is -0.384 e. The zero-order valence-electron chi connectivity index (χ0n) is 10.1. The lowest BCUT2D eigenvalue weighted by molar-refractivity contribution is -0.136. The molecule has 4 nitrogen and oxygen atoms in total. The van der Waals surface area contributed by atoms with Crippen LogP contribution in [0.2, 0.25) is 0 Å². The van der Waals surface area contributed by atoms with Gasteiger partial charge in [0.2, 0.25) is 5.91 Å². The maximum Gasteiger partial charge on any atom is 0.226 e. The highest BCUT2D eigenvalue weighted by atomic mass is 35.5. The van der Waals surface area contributed by atoms with Crippen LogP contribution in [0.4, 0.5) is 0 Å². The summed E-state index contributed by atoms with van der Waals surface area (Å²) in [4.78, 5) is 13.8. The molecule has 0 bridgehead atoms. The van der Waals surface area contributed by atoms with Crippen molar-refractivity contribution in [1.29, 1.82) is 0 Å². The number of rotatable bonds is 4. The van der Waals surface area contributed by atoms with Gasteiger partial charge in [0.1, 0.15) is 0 Å². The number of methoxy groups -OCH3 is 1. The highest BCUT2D eigenvalue weighted by Crippen LogP contribution is 2.18. The Morgan fingerprint density at radius 1 is 1.62 bits per heavy atom. The summed E-state index contributed by atoms with van der Waals surface area (Å²) in [5.41, 5.74) is 5.50. The van der Waals surface area contributed by atoms with E-state index in [0.717, 1.165) is 32.5 Å². The molecule has 1 saturated heterocycles. The first-order valence-electron chi connectivity index (χ1n) is 5.66. The number of halogens is 1. The zero-order valence-corrected chi connectivity index (χ0v) is 11.0. The van der Waals surface area contributed by atoms with E-state index in [1.165, 1.54) is 0 Å². The molecule has 5 heteroatoms. The number of hydrogen-bond acceptors (Lipinski definition) is 3. The van der Waals surface area contributed by atoms with E-state index < -0.39 is 0 Å². The molecule has 1 rings (SSSR count). The molecule has 0 aliphatic carbocycles. The van der Waals surface area contributed by atoms with Crippen LogP contribution in [0.1, 0.15) is 19.8 Å². The number of piperidine rings is 1. The van der Waals surface area contributed by atoms with Crippen molar-refractivity contribution in [2.75, 3.05) is 33.4 Å². The summed E-state index contributed by atoms with van der Waals surface area (Å²) in [6.45, 7) is 4.79. The fourth-order valence-electron chi connectivity index (χ4n) is 2.05. The van der Waals surface area contributed by atoms with Gasteiger partial charge in [-0.2, -0.15) is 0 Å². The molecule has 0 saturated carbocycles. The second kappa shape index (κ2) is 7.87. The van der Waals surface area contributed by atoms with Gasteiger partial charge in [0.15, 0.2) is 0 Å². The van der Waals surface area contributed by atoms with E-state index >= 15 is 0 Å². The van der Waals surface area contributed by atoms with Crippen molar-refractivity contribution in [3.8, 4) is 0 Å². The van der Waals surface area contributed by atoms with Crippen LogP contribution in [-0.4, -0.2) is 44.2 Å². The van der Waals surface area contributed by atoms with Gasteiger partial charge in [-0.1, -0.05) is 6.92 Å². The highest BCUT2D eigenvalue weighted by molar-refractivity contribution is 5.85. The summed E-state index contributed by atoms with van der Waals surface area (Å²) >= 11 is 0. The Bertz CT molecular complexity index is 212. The normalized spacial score (nSPS) is 22.4. The smallest absolute Gasteiger partial charge is 0.226 e. The molecule has 2 unspecified atom stereocenters. The van der Waals surface area contributed by atoms with Gasteiger partial charge in [-0.15, -0.1) is 12.4 Å². The molecule has 96 valence electrons. The van der Waals surface area contributed by atoms with Crippen molar-refractivity contribution in [2.24, 2.45) is 17.6 Å². The van der Waals surface area contributed by atoms with Crippen molar-refractivity contribution >= 4 is 18.3 Å². The third kappa shape index (κ3) is 4.28. The van der Waals surface area contributed by atoms with Gasteiger partial charge in [-0.05, 0) is 18.8 Å². The van der Waals surface area contributed by atoms with Crippen molar-refractivity contribution in [2.45, 2.75) is 19.8 Å². The average Bonchev–Trinajstić information content (AvgIpc) is 2.28. The Morgan fingerprint density at radius 2 is 2.31 bits per heavy atom. The molecule has 0 aromatic carbocycles. The summed E-state index contributed by atoms with van der Waals surface area (Å²) < 4.78 is 5.13. The Kier molecular flexibility index (Phi) is 7.72. The van der Waals surface area contributed by atoms with E-state index in [1.54, 1.807) is 7.11 Å². The topological polar surface area (TPSA) is 55.6 Å². The fraction of sp³-hybridized carbons (Fsp3) is 0.909. The number of nitrogens with zero attached hydrogens (tertiary/aromatic N) is 1. The van der Waals surface area contributed by atoms with Gasteiger partial charge in [0.05, 0.1) is 6.61 Å². The second-order valence-electron chi connectivity index (χ2n) is 4.38. The van der Waals surface area contributed by atoms with E-state index in [9.17, 15) is 4.79 Å². The number of hydrogen-bond donors (Lipinski definition) is 1. The number of carbonyl (C=O) groups is 1. The van der Waals surface area contributed by atoms with Gasteiger partial charge in [0.25, 0.3) is 0 Å². The SMILES string of the molecule is COCC1CCCN(C(=O)C(C)CN)C1.Cl. The third-order valence-electron chi connectivity index (χ3n) is 3.01. The van der Waals surface area contributed by atoms with Crippen LogP contribution >= 0.6 is 12.4 Å². The maximum atomic E-state index is 11.9. The number of ether oxygens (including phenoxy) is 1. The molecular weight excluding hydrogens is 228 g/mol. The Labute approximate surface area is 104 Å². The molecule has 1 fully saturated rings. The summed E-state index contributed by atoms with van der Waals surface area (Å²) in [5, 5.41) is 0. The lowest BCUT2D eigenvalue weighted by Gasteiger charge is -2.33. The fourth-order valence-corrected chi connectivity index (χ4v) is 2.05. The summed E-state index contributed by atoms with van der Waals surface area (Å²) in [5.74, 6) is 0.641. The monoisotopic (exact) mass is 250 g/mol. The minimum absolute atomic E-state index is 0. The number of likely N-dealkylation sites (tertiary alicyclic amines) is 1. The van der Waals surface area contributed by atoms with Crippen LogP contribution in [0.5, 0.6) is 0 Å². The minimum atomic E-state index is -0.0497. The molecule has 0 spiro atoms. The van der Waals surface area contributed by atoms with E-state index in [4.69, 9.17) is 10.5 Å². The number of carbonyl (C=O) groups excluding carboxylic acids is 1.